The molecular formula is C10H18N2O3S. The molecule has 0 radical (unpaired) electrons. The molecule has 2 N–H and O–H groups in total. The first-order chi connectivity index (χ1) is 7.61. The summed E-state index contributed by atoms with van der Waals surface area (Å²) in [6, 6.07) is -0.129. The smallest absolute Gasteiger partial charge is 0.214 e. The van der Waals surface area contributed by atoms with Crippen molar-refractivity contribution in [1.82, 2.24) is 4.31 Å². The van der Waals surface area contributed by atoms with Crippen molar-refractivity contribution in [2.24, 2.45) is 11.7 Å². The first kappa shape index (κ1) is 11.0. The third-order valence-electron chi connectivity index (χ3n) is 4.11. The lowest BCUT2D eigenvalue weighted by molar-refractivity contribution is -0.137. The predicted octanol–water partition coefficient (Wildman–Crippen LogP) is -0.473. The van der Waals surface area contributed by atoms with Gasteiger partial charge in [0.1, 0.15) is 0 Å². The summed E-state index contributed by atoms with van der Waals surface area (Å²) >= 11 is 0. The molecule has 2 heterocycles. The van der Waals surface area contributed by atoms with Crippen LogP contribution in [0.3, 0.4) is 0 Å². The second-order valence-corrected chi connectivity index (χ2v) is 7.03. The van der Waals surface area contributed by atoms with E-state index in [0.717, 1.165) is 25.9 Å². The fourth-order valence-electron chi connectivity index (χ4n) is 3.27. The lowest BCUT2D eigenvalue weighted by atomic mass is 9.68. The van der Waals surface area contributed by atoms with E-state index in [1.807, 2.05) is 0 Å². The number of nitrogens with two attached hydrogens (primary N) is 1. The Morgan fingerprint density at radius 3 is 2.81 bits per heavy atom. The minimum atomic E-state index is -3.06. The van der Waals surface area contributed by atoms with Gasteiger partial charge in [-0.25, -0.2) is 8.42 Å². The quantitative estimate of drug-likeness (QED) is 0.678. The summed E-state index contributed by atoms with van der Waals surface area (Å²) in [4.78, 5) is 0. The Balaban J connectivity index is 1.80. The SMILES string of the molecule is NC1C2CCCOC2C1N1CCCS1(=O)=O. The van der Waals surface area contributed by atoms with Crippen LogP contribution in [0.4, 0.5) is 0 Å². The highest BCUT2D eigenvalue weighted by molar-refractivity contribution is 7.89. The fourth-order valence-corrected chi connectivity index (χ4v) is 5.03. The summed E-state index contributed by atoms with van der Waals surface area (Å²) in [6.07, 6.45) is 2.91. The maximum atomic E-state index is 11.8. The van der Waals surface area contributed by atoms with Crippen LogP contribution in [0.2, 0.25) is 0 Å². The molecule has 3 fully saturated rings. The molecule has 2 aliphatic heterocycles. The molecule has 5 nitrogen and oxygen atoms in total. The van der Waals surface area contributed by atoms with Gasteiger partial charge >= 0.3 is 0 Å². The highest BCUT2D eigenvalue weighted by atomic mass is 32.2. The van der Waals surface area contributed by atoms with Crippen molar-refractivity contribution in [1.29, 1.82) is 0 Å². The molecule has 16 heavy (non-hydrogen) atoms. The second kappa shape index (κ2) is 3.66. The standard InChI is InChI=1S/C10H18N2O3S/c11-8-7-3-1-5-15-10(7)9(8)12-4-2-6-16(12,13)14/h7-10H,1-6,11H2. The Hall–Kier alpha value is -0.170. The molecule has 2 saturated heterocycles. The van der Waals surface area contributed by atoms with Crippen LogP contribution in [0.15, 0.2) is 0 Å². The predicted molar refractivity (Wildman–Crippen MR) is 59.3 cm³/mol. The molecule has 1 aliphatic carbocycles. The lowest BCUT2D eigenvalue weighted by Gasteiger charge is -2.54. The summed E-state index contributed by atoms with van der Waals surface area (Å²) in [5, 5.41) is 0. The van der Waals surface area contributed by atoms with Gasteiger partial charge in [-0.3, -0.25) is 0 Å². The van der Waals surface area contributed by atoms with Crippen LogP contribution >= 0.6 is 0 Å². The Labute approximate surface area is 96.0 Å². The molecule has 4 atom stereocenters. The summed E-state index contributed by atoms with van der Waals surface area (Å²) < 4.78 is 30.9. The van der Waals surface area contributed by atoms with E-state index in [0.29, 0.717) is 12.5 Å². The zero-order valence-electron chi connectivity index (χ0n) is 9.21. The van der Waals surface area contributed by atoms with E-state index in [-0.39, 0.29) is 23.9 Å². The lowest BCUT2D eigenvalue weighted by Crippen LogP contribution is -2.72. The molecule has 0 aromatic heterocycles. The first-order valence-corrected chi connectivity index (χ1v) is 7.59. The molecule has 4 unspecified atom stereocenters. The van der Waals surface area contributed by atoms with Crippen molar-refractivity contribution in [3.8, 4) is 0 Å². The molecule has 92 valence electrons. The monoisotopic (exact) mass is 246 g/mol. The highest BCUT2D eigenvalue weighted by Gasteiger charge is 2.56. The van der Waals surface area contributed by atoms with Crippen molar-refractivity contribution in [2.75, 3.05) is 18.9 Å². The first-order valence-electron chi connectivity index (χ1n) is 5.98. The van der Waals surface area contributed by atoms with Crippen LogP contribution in [0.25, 0.3) is 0 Å². The number of fused-ring (bicyclic) bond motifs is 1. The van der Waals surface area contributed by atoms with E-state index in [9.17, 15) is 8.42 Å². The summed E-state index contributed by atoms with van der Waals surface area (Å²) in [5.41, 5.74) is 6.09. The van der Waals surface area contributed by atoms with E-state index in [1.165, 1.54) is 0 Å². The number of hydrogen-bond donors (Lipinski definition) is 1. The third-order valence-corrected chi connectivity index (χ3v) is 6.06. The maximum absolute atomic E-state index is 11.8. The zero-order valence-corrected chi connectivity index (χ0v) is 10.0. The number of nitrogens with zero attached hydrogens (tertiary/aromatic N) is 1. The molecule has 0 aromatic carbocycles. The average Bonchev–Trinajstić information content (AvgIpc) is 2.58. The summed E-state index contributed by atoms with van der Waals surface area (Å²) in [7, 11) is -3.06. The average molecular weight is 246 g/mol. The van der Waals surface area contributed by atoms with Gasteiger partial charge in [-0.15, -0.1) is 0 Å². The van der Waals surface area contributed by atoms with Crippen molar-refractivity contribution in [3.05, 3.63) is 0 Å². The third kappa shape index (κ3) is 1.44. The molecule has 1 saturated carbocycles. The number of hydrogen-bond acceptors (Lipinski definition) is 4. The fraction of sp³-hybridized carbons (Fsp3) is 1.00. The van der Waals surface area contributed by atoms with Gasteiger partial charge in [-0.1, -0.05) is 0 Å². The van der Waals surface area contributed by atoms with Gasteiger partial charge < -0.3 is 10.5 Å². The minimum absolute atomic E-state index is 0.0295. The molecule has 0 amide bonds. The van der Waals surface area contributed by atoms with Gasteiger partial charge in [0.25, 0.3) is 0 Å². The normalized spacial score (nSPS) is 47.3. The number of sulfonamides is 1. The zero-order chi connectivity index (χ0) is 11.3. The van der Waals surface area contributed by atoms with E-state index < -0.39 is 10.0 Å². The maximum Gasteiger partial charge on any atom is 0.214 e. The van der Waals surface area contributed by atoms with E-state index in [4.69, 9.17) is 10.5 Å². The van der Waals surface area contributed by atoms with Crippen molar-refractivity contribution in [3.63, 3.8) is 0 Å². The van der Waals surface area contributed by atoms with Crippen LogP contribution in [0.1, 0.15) is 19.3 Å². The Morgan fingerprint density at radius 2 is 2.12 bits per heavy atom. The largest absolute Gasteiger partial charge is 0.376 e. The van der Waals surface area contributed by atoms with Crippen molar-refractivity contribution >= 4 is 10.0 Å². The van der Waals surface area contributed by atoms with Crippen molar-refractivity contribution < 1.29 is 13.2 Å². The van der Waals surface area contributed by atoms with Crippen LogP contribution in [0.5, 0.6) is 0 Å². The Bertz CT molecular complexity index is 384. The minimum Gasteiger partial charge on any atom is -0.376 e. The van der Waals surface area contributed by atoms with Crippen molar-refractivity contribution in [2.45, 2.75) is 37.5 Å². The second-order valence-electron chi connectivity index (χ2n) is 4.99. The van der Waals surface area contributed by atoms with E-state index in [1.54, 1.807) is 4.31 Å². The van der Waals surface area contributed by atoms with Crippen LogP contribution in [-0.4, -0.2) is 49.8 Å². The summed E-state index contributed by atoms with van der Waals surface area (Å²) in [5.74, 6) is 0.641. The summed E-state index contributed by atoms with van der Waals surface area (Å²) in [6.45, 7) is 1.37. The molecule has 0 spiro atoms. The van der Waals surface area contributed by atoms with Crippen LogP contribution < -0.4 is 5.73 Å². The van der Waals surface area contributed by atoms with Gasteiger partial charge in [-0.2, -0.15) is 4.31 Å². The Kier molecular flexibility index (Phi) is 2.51. The van der Waals surface area contributed by atoms with Crippen LogP contribution in [-0.2, 0) is 14.8 Å². The topological polar surface area (TPSA) is 72.6 Å². The highest BCUT2D eigenvalue weighted by Crippen LogP contribution is 2.41. The number of rotatable bonds is 1. The van der Waals surface area contributed by atoms with Gasteiger partial charge in [0.05, 0.1) is 17.9 Å². The molecule has 3 aliphatic rings. The molecular weight excluding hydrogens is 228 g/mol. The van der Waals surface area contributed by atoms with Gasteiger partial charge in [0, 0.05) is 25.1 Å². The molecule has 3 rings (SSSR count). The Morgan fingerprint density at radius 1 is 1.31 bits per heavy atom. The van der Waals surface area contributed by atoms with Gasteiger partial charge in [0.15, 0.2) is 0 Å². The van der Waals surface area contributed by atoms with Gasteiger partial charge in [-0.05, 0) is 19.3 Å². The van der Waals surface area contributed by atoms with E-state index >= 15 is 0 Å². The molecule has 0 bridgehead atoms. The van der Waals surface area contributed by atoms with Gasteiger partial charge in [0.2, 0.25) is 10.0 Å². The van der Waals surface area contributed by atoms with Crippen LogP contribution in [0, 0.1) is 5.92 Å². The number of ether oxygens (including phenoxy) is 1. The molecule has 6 heteroatoms. The molecule has 0 aromatic rings. The van der Waals surface area contributed by atoms with E-state index in [2.05, 4.69) is 0 Å².